The minimum absolute atomic E-state index is 0.0275. The van der Waals surface area contributed by atoms with Crippen molar-refractivity contribution < 1.29 is 13.3 Å². The van der Waals surface area contributed by atoms with Crippen LogP contribution in [-0.4, -0.2) is 48.7 Å². The molecule has 144 valence electrons. The molecule has 7 nitrogen and oxygen atoms in total. The molecule has 1 aliphatic heterocycles. The van der Waals surface area contributed by atoms with Gasteiger partial charge in [0.1, 0.15) is 0 Å². The lowest BCUT2D eigenvalue weighted by atomic mass is 10.0. The van der Waals surface area contributed by atoms with E-state index in [9.17, 15) is 18.5 Å². The van der Waals surface area contributed by atoms with E-state index in [1.807, 2.05) is 18.2 Å². The van der Waals surface area contributed by atoms with Gasteiger partial charge < -0.3 is 0 Å². The Morgan fingerprint density at radius 1 is 1.04 bits per heavy atom. The lowest BCUT2D eigenvalue weighted by molar-refractivity contribution is -0.385. The fourth-order valence-electron chi connectivity index (χ4n) is 3.54. The first-order chi connectivity index (χ1) is 12.9. The van der Waals surface area contributed by atoms with Crippen LogP contribution in [0.5, 0.6) is 0 Å². The van der Waals surface area contributed by atoms with Crippen LogP contribution >= 0.6 is 0 Å². The summed E-state index contributed by atoms with van der Waals surface area (Å²) in [5.41, 5.74) is 1.01. The molecule has 0 N–H and O–H groups in total. The van der Waals surface area contributed by atoms with Crippen molar-refractivity contribution >= 4 is 15.7 Å². The minimum atomic E-state index is -3.74. The molecule has 1 unspecified atom stereocenters. The SMILES string of the molecule is CCC(c1ccccc1)N1CCN(S(=O)(=O)c2cccc([N+](=O)[O-])c2)CC1. The van der Waals surface area contributed by atoms with E-state index in [1.165, 1.54) is 28.1 Å². The van der Waals surface area contributed by atoms with Crippen LogP contribution in [0.3, 0.4) is 0 Å². The molecule has 1 saturated heterocycles. The van der Waals surface area contributed by atoms with E-state index in [0.717, 1.165) is 12.5 Å². The summed E-state index contributed by atoms with van der Waals surface area (Å²) in [6.07, 6.45) is 0.946. The highest BCUT2D eigenvalue weighted by molar-refractivity contribution is 7.89. The van der Waals surface area contributed by atoms with Crippen LogP contribution in [0.1, 0.15) is 24.9 Å². The molecular weight excluding hydrogens is 366 g/mol. The highest BCUT2D eigenvalue weighted by atomic mass is 32.2. The molecule has 1 atom stereocenters. The van der Waals surface area contributed by atoms with E-state index in [-0.39, 0.29) is 16.6 Å². The maximum Gasteiger partial charge on any atom is 0.270 e. The van der Waals surface area contributed by atoms with Crippen LogP contribution in [0.4, 0.5) is 5.69 Å². The number of nitro groups is 1. The largest absolute Gasteiger partial charge is 0.294 e. The number of rotatable bonds is 6. The van der Waals surface area contributed by atoms with Gasteiger partial charge in [-0.1, -0.05) is 43.3 Å². The monoisotopic (exact) mass is 389 g/mol. The Labute approximate surface area is 159 Å². The summed E-state index contributed by atoms with van der Waals surface area (Å²) in [4.78, 5) is 12.6. The van der Waals surface area contributed by atoms with Crippen LogP contribution in [0.25, 0.3) is 0 Å². The molecule has 0 amide bonds. The normalized spacial score (nSPS) is 17.5. The van der Waals surface area contributed by atoms with Gasteiger partial charge in [0.05, 0.1) is 9.82 Å². The molecule has 2 aromatic carbocycles. The summed E-state index contributed by atoms with van der Waals surface area (Å²) in [6, 6.07) is 15.7. The highest BCUT2D eigenvalue weighted by Crippen LogP contribution is 2.27. The zero-order chi connectivity index (χ0) is 19.4. The standard InChI is InChI=1S/C19H23N3O4S/c1-2-19(16-7-4-3-5-8-16)20-11-13-21(14-12-20)27(25,26)18-10-6-9-17(15-18)22(23)24/h3-10,15,19H,2,11-14H2,1H3. The number of piperazine rings is 1. The zero-order valence-electron chi connectivity index (χ0n) is 15.2. The first-order valence-electron chi connectivity index (χ1n) is 8.97. The number of non-ortho nitro benzene ring substituents is 1. The van der Waals surface area contributed by atoms with Gasteiger partial charge in [0.25, 0.3) is 5.69 Å². The number of nitro benzene ring substituents is 1. The number of hydrogen-bond acceptors (Lipinski definition) is 5. The van der Waals surface area contributed by atoms with Crippen molar-refractivity contribution in [1.29, 1.82) is 0 Å². The molecule has 0 saturated carbocycles. The molecule has 8 heteroatoms. The predicted octanol–water partition coefficient (Wildman–Crippen LogP) is 3.05. The second-order valence-electron chi connectivity index (χ2n) is 6.53. The van der Waals surface area contributed by atoms with Gasteiger partial charge in [-0.2, -0.15) is 4.31 Å². The number of nitrogens with zero attached hydrogens (tertiary/aromatic N) is 3. The lowest BCUT2D eigenvalue weighted by Gasteiger charge is -2.38. The van der Waals surface area contributed by atoms with Gasteiger partial charge in [-0.15, -0.1) is 0 Å². The Kier molecular flexibility index (Phi) is 5.88. The molecule has 0 bridgehead atoms. The second-order valence-corrected chi connectivity index (χ2v) is 8.47. The van der Waals surface area contributed by atoms with Gasteiger partial charge in [-0.25, -0.2) is 8.42 Å². The van der Waals surface area contributed by atoms with Crippen LogP contribution in [0.15, 0.2) is 59.5 Å². The van der Waals surface area contributed by atoms with Gasteiger partial charge in [0.15, 0.2) is 0 Å². The minimum Gasteiger partial charge on any atom is -0.294 e. The molecule has 1 heterocycles. The summed E-state index contributed by atoms with van der Waals surface area (Å²) in [6.45, 7) is 4.12. The summed E-state index contributed by atoms with van der Waals surface area (Å²) in [5.74, 6) is 0. The van der Waals surface area contributed by atoms with E-state index in [4.69, 9.17) is 0 Å². The average molecular weight is 389 g/mol. The van der Waals surface area contributed by atoms with Crippen LogP contribution in [0, 0.1) is 10.1 Å². The Bertz CT molecular complexity index is 894. The van der Waals surface area contributed by atoms with Crippen molar-refractivity contribution in [2.24, 2.45) is 0 Å². The van der Waals surface area contributed by atoms with Crippen molar-refractivity contribution in [2.75, 3.05) is 26.2 Å². The van der Waals surface area contributed by atoms with E-state index >= 15 is 0 Å². The topological polar surface area (TPSA) is 83.8 Å². The molecule has 0 aromatic heterocycles. The molecule has 1 aliphatic rings. The Morgan fingerprint density at radius 3 is 2.30 bits per heavy atom. The average Bonchev–Trinajstić information content (AvgIpc) is 2.70. The van der Waals surface area contributed by atoms with Gasteiger partial charge in [0.2, 0.25) is 10.0 Å². The van der Waals surface area contributed by atoms with Crippen LogP contribution < -0.4 is 0 Å². The van der Waals surface area contributed by atoms with Crippen LogP contribution in [-0.2, 0) is 10.0 Å². The molecule has 0 radical (unpaired) electrons. The molecule has 0 spiro atoms. The first kappa shape index (κ1) is 19.5. The summed E-state index contributed by atoms with van der Waals surface area (Å²) in [7, 11) is -3.74. The lowest BCUT2D eigenvalue weighted by Crippen LogP contribution is -2.49. The van der Waals surface area contributed by atoms with Crippen molar-refractivity contribution in [2.45, 2.75) is 24.3 Å². The van der Waals surface area contributed by atoms with Gasteiger partial charge in [-0.3, -0.25) is 15.0 Å². The zero-order valence-corrected chi connectivity index (χ0v) is 16.0. The quantitative estimate of drug-likeness (QED) is 0.560. The van der Waals surface area contributed by atoms with E-state index < -0.39 is 14.9 Å². The smallest absolute Gasteiger partial charge is 0.270 e. The van der Waals surface area contributed by atoms with Crippen molar-refractivity contribution in [3.63, 3.8) is 0 Å². The van der Waals surface area contributed by atoms with Gasteiger partial charge in [0, 0.05) is 44.4 Å². The Morgan fingerprint density at radius 2 is 1.70 bits per heavy atom. The van der Waals surface area contributed by atoms with Gasteiger partial charge >= 0.3 is 0 Å². The Hall–Kier alpha value is -2.29. The summed E-state index contributed by atoms with van der Waals surface area (Å²) >= 11 is 0. The van der Waals surface area contributed by atoms with Crippen molar-refractivity contribution in [3.8, 4) is 0 Å². The number of sulfonamides is 1. The van der Waals surface area contributed by atoms with Crippen molar-refractivity contribution in [3.05, 3.63) is 70.3 Å². The predicted molar refractivity (Wildman–Crippen MR) is 103 cm³/mol. The fraction of sp³-hybridized carbons (Fsp3) is 0.368. The molecule has 0 aliphatic carbocycles. The third kappa shape index (κ3) is 4.18. The van der Waals surface area contributed by atoms with E-state index in [2.05, 4.69) is 24.0 Å². The Balaban J connectivity index is 1.73. The fourth-order valence-corrected chi connectivity index (χ4v) is 5.00. The van der Waals surface area contributed by atoms with Crippen molar-refractivity contribution in [1.82, 2.24) is 9.21 Å². The molecular formula is C19H23N3O4S. The maximum absolute atomic E-state index is 12.9. The summed E-state index contributed by atoms with van der Waals surface area (Å²) in [5, 5.41) is 10.9. The van der Waals surface area contributed by atoms with Gasteiger partial charge in [-0.05, 0) is 18.1 Å². The second kappa shape index (κ2) is 8.16. The molecule has 27 heavy (non-hydrogen) atoms. The third-order valence-corrected chi connectivity index (χ3v) is 6.85. The molecule has 3 rings (SSSR count). The molecule has 2 aromatic rings. The maximum atomic E-state index is 12.9. The first-order valence-corrected chi connectivity index (χ1v) is 10.4. The highest BCUT2D eigenvalue weighted by Gasteiger charge is 2.31. The molecule has 1 fully saturated rings. The number of hydrogen-bond donors (Lipinski definition) is 0. The van der Waals surface area contributed by atoms with E-state index in [0.29, 0.717) is 26.2 Å². The van der Waals surface area contributed by atoms with Crippen LogP contribution in [0.2, 0.25) is 0 Å². The summed E-state index contributed by atoms with van der Waals surface area (Å²) < 4.78 is 27.1. The third-order valence-electron chi connectivity index (χ3n) is 4.95. The van der Waals surface area contributed by atoms with E-state index in [1.54, 1.807) is 0 Å². The number of benzene rings is 2.